The third-order valence-electron chi connectivity index (χ3n) is 3.67. The van der Waals surface area contributed by atoms with Gasteiger partial charge in [-0.05, 0) is 42.8 Å². The van der Waals surface area contributed by atoms with E-state index in [0.29, 0.717) is 17.7 Å². The van der Waals surface area contributed by atoms with E-state index in [1.807, 2.05) is 24.3 Å². The number of carbonyl (C=O) groups is 2. The predicted octanol–water partition coefficient (Wildman–Crippen LogP) is 2.13. The molecule has 5 heteroatoms. The number of esters is 1. The van der Waals surface area contributed by atoms with Gasteiger partial charge in [0.25, 0.3) is 0 Å². The molecule has 118 valence electrons. The van der Waals surface area contributed by atoms with Crippen LogP contribution in [0.15, 0.2) is 48.5 Å². The zero-order chi connectivity index (χ0) is 16.4. The molecule has 1 heterocycles. The third-order valence-corrected chi connectivity index (χ3v) is 3.67. The van der Waals surface area contributed by atoms with Crippen LogP contribution in [0.25, 0.3) is 0 Å². The minimum atomic E-state index is -0.693. The van der Waals surface area contributed by atoms with Crippen LogP contribution in [0, 0.1) is 0 Å². The Morgan fingerprint density at radius 3 is 2.52 bits per heavy atom. The van der Waals surface area contributed by atoms with Crippen molar-refractivity contribution >= 4 is 11.8 Å². The molecule has 3 rings (SSSR count). The maximum absolute atomic E-state index is 12.5. The zero-order valence-corrected chi connectivity index (χ0v) is 12.7. The fourth-order valence-electron chi connectivity index (χ4n) is 2.41. The van der Waals surface area contributed by atoms with E-state index < -0.39 is 18.1 Å². The van der Waals surface area contributed by atoms with Crippen molar-refractivity contribution in [3.05, 3.63) is 59.7 Å². The van der Waals surface area contributed by atoms with Crippen LogP contribution in [-0.2, 0) is 11.2 Å². The summed E-state index contributed by atoms with van der Waals surface area (Å²) in [7, 11) is 0. The summed E-state index contributed by atoms with van der Waals surface area (Å²) in [5.74, 6) is 0.512. The number of benzene rings is 2. The second-order valence-electron chi connectivity index (χ2n) is 5.52. The average Bonchev–Trinajstić information content (AvgIpc) is 2.98. The monoisotopic (exact) mass is 311 g/mol. The first-order chi connectivity index (χ1) is 11.0. The summed E-state index contributed by atoms with van der Waals surface area (Å²) in [6.07, 6.45) is 0.0565. The number of carbonyl (C=O) groups excluding carboxylic acids is 2. The van der Waals surface area contributed by atoms with E-state index in [0.717, 1.165) is 11.3 Å². The number of Topliss-reactive ketones (excluding diaryl/α,β-unsaturated/α-hetero) is 1. The number of hydrogen-bond donors (Lipinski definition) is 1. The van der Waals surface area contributed by atoms with Crippen molar-refractivity contribution in [3.8, 4) is 11.5 Å². The number of rotatable bonds is 4. The van der Waals surface area contributed by atoms with Gasteiger partial charge in [-0.1, -0.05) is 18.2 Å². The summed E-state index contributed by atoms with van der Waals surface area (Å²) in [4.78, 5) is 23.9. The van der Waals surface area contributed by atoms with Crippen molar-refractivity contribution in [2.45, 2.75) is 25.5 Å². The molecule has 0 amide bonds. The summed E-state index contributed by atoms with van der Waals surface area (Å²) < 4.78 is 10.8. The molecule has 2 N–H and O–H groups in total. The summed E-state index contributed by atoms with van der Waals surface area (Å²) in [6, 6.07) is 13.3. The van der Waals surface area contributed by atoms with Gasteiger partial charge in [-0.2, -0.15) is 0 Å². The Bertz CT molecular complexity index is 712. The van der Waals surface area contributed by atoms with Gasteiger partial charge in [-0.3, -0.25) is 4.79 Å². The highest BCUT2D eigenvalue weighted by Crippen LogP contribution is 2.29. The number of para-hydroxylation sites is 1. The van der Waals surface area contributed by atoms with Crippen LogP contribution in [-0.4, -0.2) is 23.9 Å². The molecular weight excluding hydrogens is 294 g/mol. The van der Waals surface area contributed by atoms with Crippen LogP contribution in [0.4, 0.5) is 0 Å². The van der Waals surface area contributed by atoms with E-state index in [1.54, 1.807) is 31.2 Å². The molecule has 2 aromatic carbocycles. The first kappa shape index (κ1) is 15.2. The summed E-state index contributed by atoms with van der Waals surface area (Å²) >= 11 is 0. The fourth-order valence-corrected chi connectivity index (χ4v) is 2.41. The SMILES string of the molecule is C[C@H](N)C(=O)Oc1ccc(C(=O)C2Cc3ccccc3O2)cc1. The minimum Gasteiger partial charge on any atom is -0.482 e. The number of nitrogens with two attached hydrogens (primary N) is 1. The van der Waals surface area contributed by atoms with Crippen molar-refractivity contribution in [1.82, 2.24) is 0 Å². The summed E-state index contributed by atoms with van der Waals surface area (Å²) in [6.45, 7) is 1.55. The highest BCUT2D eigenvalue weighted by atomic mass is 16.5. The standard InChI is InChI=1S/C18H17NO4/c1-11(19)18(21)22-14-8-6-12(7-9-14)17(20)16-10-13-4-2-3-5-15(13)23-16/h2-9,11,16H,10,19H2,1H3/t11-,16?/m0/s1. The normalized spacial score (nSPS) is 17.0. The molecule has 0 saturated heterocycles. The molecule has 0 saturated carbocycles. The van der Waals surface area contributed by atoms with Gasteiger partial charge < -0.3 is 15.2 Å². The molecule has 0 spiro atoms. The van der Waals surface area contributed by atoms with Crippen molar-refractivity contribution in [2.75, 3.05) is 0 Å². The quantitative estimate of drug-likeness (QED) is 0.531. The van der Waals surface area contributed by atoms with Crippen molar-refractivity contribution in [2.24, 2.45) is 5.73 Å². The smallest absolute Gasteiger partial charge is 0.328 e. The Hall–Kier alpha value is -2.66. The predicted molar refractivity (Wildman–Crippen MR) is 84.6 cm³/mol. The lowest BCUT2D eigenvalue weighted by Crippen LogP contribution is -2.30. The van der Waals surface area contributed by atoms with Gasteiger partial charge in [-0.25, -0.2) is 4.79 Å². The van der Waals surface area contributed by atoms with Gasteiger partial charge >= 0.3 is 5.97 Å². The number of fused-ring (bicyclic) bond motifs is 1. The first-order valence-corrected chi connectivity index (χ1v) is 7.40. The van der Waals surface area contributed by atoms with E-state index in [1.165, 1.54) is 0 Å². The van der Waals surface area contributed by atoms with Crippen LogP contribution < -0.4 is 15.2 Å². The molecule has 5 nitrogen and oxygen atoms in total. The molecule has 23 heavy (non-hydrogen) atoms. The largest absolute Gasteiger partial charge is 0.482 e. The molecule has 0 aliphatic carbocycles. The minimum absolute atomic E-state index is 0.0914. The molecule has 0 fully saturated rings. The van der Waals surface area contributed by atoms with E-state index >= 15 is 0 Å². The molecular formula is C18H17NO4. The summed E-state index contributed by atoms with van der Waals surface area (Å²) in [5, 5.41) is 0. The van der Waals surface area contributed by atoms with Gasteiger partial charge in [0.2, 0.25) is 5.78 Å². The van der Waals surface area contributed by atoms with E-state index in [4.69, 9.17) is 15.2 Å². The second kappa shape index (κ2) is 6.22. The lowest BCUT2D eigenvalue weighted by atomic mass is 10.0. The zero-order valence-electron chi connectivity index (χ0n) is 12.7. The molecule has 0 bridgehead atoms. The van der Waals surface area contributed by atoms with Crippen LogP contribution >= 0.6 is 0 Å². The Labute approximate surface area is 134 Å². The maximum Gasteiger partial charge on any atom is 0.328 e. The molecule has 1 aliphatic heterocycles. The third kappa shape index (κ3) is 3.24. The van der Waals surface area contributed by atoms with Gasteiger partial charge in [0.1, 0.15) is 17.5 Å². The lowest BCUT2D eigenvalue weighted by molar-refractivity contribution is -0.135. The number of ether oxygens (including phenoxy) is 2. The molecule has 2 atom stereocenters. The average molecular weight is 311 g/mol. The van der Waals surface area contributed by atoms with Crippen molar-refractivity contribution < 1.29 is 19.1 Å². The fraction of sp³-hybridized carbons (Fsp3) is 0.222. The lowest BCUT2D eigenvalue weighted by Gasteiger charge is -2.10. The topological polar surface area (TPSA) is 78.6 Å². The molecule has 2 aromatic rings. The molecule has 0 aromatic heterocycles. The number of hydrogen-bond acceptors (Lipinski definition) is 5. The van der Waals surface area contributed by atoms with Gasteiger partial charge in [0, 0.05) is 12.0 Å². The Kier molecular flexibility index (Phi) is 4.12. The van der Waals surface area contributed by atoms with E-state index in [2.05, 4.69) is 0 Å². The van der Waals surface area contributed by atoms with E-state index in [9.17, 15) is 9.59 Å². The summed E-state index contributed by atoms with van der Waals surface area (Å²) in [5.41, 5.74) is 6.99. The molecule has 1 aliphatic rings. The van der Waals surface area contributed by atoms with Crippen molar-refractivity contribution in [3.63, 3.8) is 0 Å². The van der Waals surface area contributed by atoms with Crippen LogP contribution in [0.5, 0.6) is 11.5 Å². The highest BCUT2D eigenvalue weighted by Gasteiger charge is 2.29. The number of ketones is 1. The van der Waals surface area contributed by atoms with E-state index in [-0.39, 0.29) is 5.78 Å². The van der Waals surface area contributed by atoms with Gasteiger partial charge in [0.05, 0.1) is 0 Å². The van der Waals surface area contributed by atoms with Crippen LogP contribution in [0.3, 0.4) is 0 Å². The molecule has 0 radical (unpaired) electrons. The van der Waals surface area contributed by atoms with Crippen LogP contribution in [0.2, 0.25) is 0 Å². The second-order valence-corrected chi connectivity index (χ2v) is 5.52. The Morgan fingerprint density at radius 1 is 1.17 bits per heavy atom. The maximum atomic E-state index is 12.5. The van der Waals surface area contributed by atoms with Crippen LogP contribution in [0.1, 0.15) is 22.8 Å². The first-order valence-electron chi connectivity index (χ1n) is 7.40. The van der Waals surface area contributed by atoms with Crippen molar-refractivity contribution in [1.29, 1.82) is 0 Å². The molecule has 1 unspecified atom stereocenters. The van der Waals surface area contributed by atoms with Gasteiger partial charge in [0.15, 0.2) is 6.10 Å². The van der Waals surface area contributed by atoms with Gasteiger partial charge in [-0.15, -0.1) is 0 Å². The Morgan fingerprint density at radius 2 is 1.87 bits per heavy atom. The highest BCUT2D eigenvalue weighted by molar-refractivity contribution is 6.00. The Balaban J connectivity index is 1.68.